The number of aliphatic hydroxyl groups excluding tert-OH is 1. The van der Waals surface area contributed by atoms with Gasteiger partial charge in [0, 0.05) is 11.6 Å². The number of aromatic nitrogens is 2. The molecule has 1 saturated carbocycles. The molecule has 1 heterocycles. The topological polar surface area (TPSA) is 70.1 Å². The third-order valence-electron chi connectivity index (χ3n) is 7.05. The molecule has 0 bridgehead atoms. The molecule has 1 aromatic rings. The summed E-state index contributed by atoms with van der Waals surface area (Å²) < 4.78 is 0. The van der Waals surface area contributed by atoms with Crippen LogP contribution >= 0.6 is 0 Å². The summed E-state index contributed by atoms with van der Waals surface area (Å²) >= 11 is 0. The first-order valence-electron chi connectivity index (χ1n) is 12.4. The monoisotopic (exact) mass is 458 g/mol. The molecule has 0 amide bonds. The van der Waals surface area contributed by atoms with E-state index in [0.717, 1.165) is 30.6 Å². The molecule has 6 heteroatoms. The summed E-state index contributed by atoms with van der Waals surface area (Å²) in [5, 5.41) is 17.4. The first kappa shape index (κ1) is 26.7. The predicted molar refractivity (Wildman–Crippen MR) is 140 cm³/mol. The van der Waals surface area contributed by atoms with Gasteiger partial charge in [-0.15, -0.1) is 5.54 Å². The Kier molecular flexibility index (Phi) is 8.80. The van der Waals surface area contributed by atoms with E-state index >= 15 is 0 Å². The number of hydrogen-bond donors (Lipinski definition) is 3. The number of aliphatic hydroxyl groups is 1. The van der Waals surface area contributed by atoms with Crippen LogP contribution in [-0.4, -0.2) is 40.8 Å². The van der Waals surface area contributed by atoms with Crippen LogP contribution in [0.5, 0.6) is 0 Å². The first-order chi connectivity index (χ1) is 14.8. The lowest BCUT2D eigenvalue weighted by Crippen LogP contribution is -2.43. The van der Waals surface area contributed by atoms with Crippen molar-refractivity contribution in [2.24, 2.45) is 5.92 Å². The minimum absolute atomic E-state index is 0.129. The van der Waals surface area contributed by atoms with Gasteiger partial charge in [0.25, 0.3) is 0 Å². The van der Waals surface area contributed by atoms with Crippen LogP contribution in [0.25, 0.3) is 0 Å². The highest BCUT2D eigenvalue weighted by Crippen LogP contribution is 2.41. The van der Waals surface area contributed by atoms with Crippen molar-refractivity contribution >= 4 is 19.8 Å². The van der Waals surface area contributed by atoms with Crippen molar-refractivity contribution < 1.29 is 5.11 Å². The van der Waals surface area contributed by atoms with Crippen molar-refractivity contribution in [1.29, 1.82) is 0 Å². The zero-order chi connectivity index (χ0) is 24.3. The summed E-state index contributed by atoms with van der Waals surface area (Å²) in [6.45, 7) is 22.4. The second-order valence-corrected chi connectivity index (χ2v) is 17.3. The van der Waals surface area contributed by atoms with Gasteiger partial charge in [-0.2, -0.15) is 4.98 Å². The van der Waals surface area contributed by atoms with Crippen molar-refractivity contribution in [3.63, 3.8) is 0 Å². The smallest absolute Gasteiger partial charge is 0.225 e. The molecule has 3 atom stereocenters. The Morgan fingerprint density at radius 2 is 1.66 bits per heavy atom. The molecule has 0 unspecified atom stereocenters. The van der Waals surface area contributed by atoms with Crippen LogP contribution in [0.2, 0.25) is 16.6 Å². The van der Waals surface area contributed by atoms with Crippen LogP contribution in [0, 0.1) is 17.4 Å². The summed E-state index contributed by atoms with van der Waals surface area (Å²) in [6.07, 6.45) is 4.37. The average Bonchev–Trinajstić information content (AvgIpc) is 2.64. The van der Waals surface area contributed by atoms with Gasteiger partial charge in [-0.3, -0.25) is 0 Å². The Balaban J connectivity index is 2.47. The van der Waals surface area contributed by atoms with E-state index in [-0.39, 0.29) is 17.7 Å². The predicted octanol–water partition coefficient (Wildman–Crippen LogP) is 6.22. The first-order valence-corrected chi connectivity index (χ1v) is 14.6. The molecule has 5 nitrogen and oxygen atoms in total. The molecule has 0 radical (unpaired) electrons. The molecule has 1 aliphatic carbocycles. The van der Waals surface area contributed by atoms with Crippen LogP contribution in [0.3, 0.4) is 0 Å². The number of hydrogen-bond acceptors (Lipinski definition) is 5. The summed E-state index contributed by atoms with van der Waals surface area (Å²) in [6, 6.07) is 0.196. The van der Waals surface area contributed by atoms with Crippen LogP contribution in [0.4, 0.5) is 11.8 Å². The number of rotatable bonds is 6. The molecule has 1 aromatic heterocycles. The fourth-order valence-electron chi connectivity index (χ4n) is 5.21. The maximum absolute atomic E-state index is 10.4. The van der Waals surface area contributed by atoms with E-state index in [4.69, 9.17) is 4.98 Å². The standard InChI is InChI=1S/C26H46N4OSi/c1-17(2)32(18(3)4,19(5)6)14-13-21-16-27-25(30-26(8,9)10)29-24(21)28-22-12-11-20(7)23(31)15-22/h16-20,22-23,31H,11-12,15H2,1-10H3,(H2,27,28,29,30)/t20-,22-,23-/m1/s1. The highest BCUT2D eigenvalue weighted by molar-refractivity contribution is 6.90. The zero-order valence-corrected chi connectivity index (χ0v) is 23.0. The van der Waals surface area contributed by atoms with E-state index in [2.05, 4.69) is 96.3 Å². The minimum atomic E-state index is -1.86. The van der Waals surface area contributed by atoms with Crippen molar-refractivity contribution in [3.05, 3.63) is 11.8 Å². The Morgan fingerprint density at radius 1 is 1.06 bits per heavy atom. The van der Waals surface area contributed by atoms with Crippen LogP contribution in [0.15, 0.2) is 6.20 Å². The Hall–Kier alpha value is -1.58. The third kappa shape index (κ3) is 6.48. The second kappa shape index (κ2) is 10.6. The molecule has 32 heavy (non-hydrogen) atoms. The van der Waals surface area contributed by atoms with Gasteiger partial charge in [-0.1, -0.05) is 54.4 Å². The Labute approximate surface area is 197 Å². The van der Waals surface area contributed by atoms with E-state index in [9.17, 15) is 5.11 Å². The Morgan fingerprint density at radius 3 is 2.16 bits per heavy atom. The normalized spacial score (nSPS) is 22.1. The molecule has 0 spiro atoms. The zero-order valence-electron chi connectivity index (χ0n) is 22.0. The van der Waals surface area contributed by atoms with Gasteiger partial charge < -0.3 is 15.7 Å². The van der Waals surface area contributed by atoms with E-state index in [1.807, 2.05) is 6.20 Å². The Bertz CT molecular complexity index is 798. The van der Waals surface area contributed by atoms with Crippen LogP contribution in [0.1, 0.15) is 94.1 Å². The van der Waals surface area contributed by atoms with Gasteiger partial charge in [0.1, 0.15) is 13.9 Å². The van der Waals surface area contributed by atoms with E-state index in [1.54, 1.807) is 0 Å². The van der Waals surface area contributed by atoms with Gasteiger partial charge in [0.15, 0.2) is 0 Å². The second-order valence-electron chi connectivity index (χ2n) is 11.7. The number of anilines is 2. The largest absolute Gasteiger partial charge is 0.393 e. The van der Waals surface area contributed by atoms with Crippen LogP contribution < -0.4 is 10.6 Å². The maximum Gasteiger partial charge on any atom is 0.225 e. The molecule has 0 aromatic carbocycles. The van der Waals surface area contributed by atoms with Crippen molar-refractivity contribution in [1.82, 2.24) is 9.97 Å². The van der Waals surface area contributed by atoms with Crippen molar-refractivity contribution in [3.8, 4) is 11.5 Å². The highest BCUT2D eigenvalue weighted by atomic mass is 28.3. The third-order valence-corrected chi connectivity index (χ3v) is 13.3. The van der Waals surface area contributed by atoms with Crippen molar-refractivity contribution in [2.45, 2.75) is 123 Å². The van der Waals surface area contributed by atoms with E-state index in [1.165, 1.54) is 0 Å². The molecule has 0 aliphatic heterocycles. The average molecular weight is 459 g/mol. The maximum atomic E-state index is 10.4. The molecule has 1 aliphatic rings. The summed E-state index contributed by atoms with van der Waals surface area (Å²) in [7, 11) is -1.86. The van der Waals surface area contributed by atoms with Gasteiger partial charge in [-0.05, 0) is 62.6 Å². The van der Waals surface area contributed by atoms with Gasteiger partial charge in [0.05, 0.1) is 17.9 Å². The molecule has 3 N–H and O–H groups in total. The van der Waals surface area contributed by atoms with E-state index < -0.39 is 8.07 Å². The molecular formula is C26H46N4OSi. The quantitative estimate of drug-likeness (QED) is 0.349. The van der Waals surface area contributed by atoms with Crippen LogP contribution in [-0.2, 0) is 0 Å². The summed E-state index contributed by atoms with van der Waals surface area (Å²) in [4.78, 5) is 9.41. The summed E-state index contributed by atoms with van der Waals surface area (Å²) in [5.74, 6) is 5.27. The summed E-state index contributed by atoms with van der Waals surface area (Å²) in [5.41, 5.74) is 6.26. The lowest BCUT2D eigenvalue weighted by Gasteiger charge is -2.38. The SMILES string of the molecule is CC(C)[Si](C#Cc1cnc(NC(C)(C)C)nc1N[C@@H]1CC[C@@H](C)[C@H](O)C1)(C(C)C)C(C)C. The fourth-order valence-corrected chi connectivity index (χ4v) is 10.4. The molecule has 0 saturated heterocycles. The molecule has 2 rings (SSSR count). The highest BCUT2D eigenvalue weighted by Gasteiger charge is 2.41. The van der Waals surface area contributed by atoms with E-state index in [0.29, 0.717) is 28.5 Å². The minimum Gasteiger partial charge on any atom is -0.393 e. The van der Waals surface area contributed by atoms with Gasteiger partial charge in [-0.25, -0.2) is 4.98 Å². The van der Waals surface area contributed by atoms with Gasteiger partial charge in [0.2, 0.25) is 5.95 Å². The van der Waals surface area contributed by atoms with Crippen molar-refractivity contribution in [2.75, 3.05) is 10.6 Å². The molecule has 1 fully saturated rings. The number of nitrogens with zero attached hydrogens (tertiary/aromatic N) is 2. The number of nitrogens with one attached hydrogen (secondary N) is 2. The lowest BCUT2D eigenvalue weighted by molar-refractivity contribution is 0.0739. The molecular weight excluding hydrogens is 412 g/mol. The molecule has 180 valence electrons. The lowest BCUT2D eigenvalue weighted by atomic mass is 9.85. The van der Waals surface area contributed by atoms with Gasteiger partial charge >= 0.3 is 0 Å². The fraction of sp³-hybridized carbons (Fsp3) is 0.769.